The van der Waals surface area contributed by atoms with Crippen molar-refractivity contribution in [2.24, 2.45) is 0 Å². The van der Waals surface area contributed by atoms with Crippen molar-refractivity contribution >= 4 is 24.4 Å². The van der Waals surface area contributed by atoms with Crippen LogP contribution in [0.3, 0.4) is 0 Å². The molecule has 0 aromatic heterocycles. The van der Waals surface area contributed by atoms with Crippen LogP contribution in [0.5, 0.6) is 0 Å². The van der Waals surface area contributed by atoms with Crippen LogP contribution in [0.1, 0.15) is 6.92 Å². The fraction of sp³-hybridized carbons (Fsp3) is 0.667. The molecule has 0 spiro atoms. The van der Waals surface area contributed by atoms with Crippen molar-refractivity contribution in [3.63, 3.8) is 0 Å². The van der Waals surface area contributed by atoms with E-state index < -0.39 is 0 Å². The Kier molecular flexibility index (Phi) is 5.64. The van der Waals surface area contributed by atoms with E-state index in [9.17, 15) is 9.59 Å². The van der Waals surface area contributed by atoms with E-state index in [-0.39, 0.29) is 24.1 Å². The van der Waals surface area contributed by atoms with E-state index in [0.717, 1.165) is 0 Å². The van der Waals surface area contributed by atoms with Gasteiger partial charge in [0.15, 0.2) is 0 Å². The topological polar surface area (TPSA) is 58.2 Å². The van der Waals surface area contributed by atoms with Gasteiger partial charge in [-0.15, -0.1) is 0 Å². The molecule has 0 radical (unpaired) electrons. The quantitative estimate of drug-likeness (QED) is 0.490. The van der Waals surface area contributed by atoms with Crippen molar-refractivity contribution < 1.29 is 9.59 Å². The lowest BCUT2D eigenvalue weighted by Crippen LogP contribution is -2.37. The fourth-order valence-electron chi connectivity index (χ4n) is 0.494. The molecular formula is C6H12N2O2S. The Balaban J connectivity index is 3.38. The van der Waals surface area contributed by atoms with Crippen LogP contribution in [0, 0.1) is 0 Å². The first kappa shape index (κ1) is 10.3. The summed E-state index contributed by atoms with van der Waals surface area (Å²) >= 11 is 3.73. The van der Waals surface area contributed by atoms with Crippen molar-refractivity contribution in [2.45, 2.75) is 6.92 Å². The molecule has 2 amide bonds. The molecule has 0 atom stereocenters. The van der Waals surface area contributed by atoms with Gasteiger partial charge < -0.3 is 10.6 Å². The fourth-order valence-corrected chi connectivity index (χ4v) is 0.606. The Bertz CT molecular complexity index is 150. The molecule has 11 heavy (non-hydrogen) atoms. The van der Waals surface area contributed by atoms with Gasteiger partial charge in [-0.25, -0.2) is 0 Å². The maximum Gasteiger partial charge on any atom is 0.239 e. The first-order chi connectivity index (χ1) is 5.20. The maximum atomic E-state index is 10.7. The minimum atomic E-state index is -0.236. The maximum absolute atomic E-state index is 10.7. The molecule has 0 rings (SSSR count). The minimum Gasteiger partial charge on any atom is -0.355 e. The largest absolute Gasteiger partial charge is 0.355 e. The molecule has 0 heterocycles. The molecule has 4 nitrogen and oxygen atoms in total. The summed E-state index contributed by atoms with van der Waals surface area (Å²) in [5, 5.41) is 4.94. The first-order valence-corrected chi connectivity index (χ1v) is 3.98. The Labute approximate surface area is 71.1 Å². The number of carbonyl (C=O) groups is 2. The van der Waals surface area contributed by atoms with Crippen molar-refractivity contribution in [3.05, 3.63) is 0 Å². The van der Waals surface area contributed by atoms with E-state index in [4.69, 9.17) is 0 Å². The molecule has 0 bridgehead atoms. The summed E-state index contributed by atoms with van der Waals surface area (Å²) in [7, 11) is 0. The lowest BCUT2D eigenvalue weighted by Gasteiger charge is -2.02. The zero-order valence-corrected chi connectivity index (χ0v) is 7.28. The predicted molar refractivity (Wildman–Crippen MR) is 45.5 cm³/mol. The van der Waals surface area contributed by atoms with Gasteiger partial charge in [0.25, 0.3) is 0 Å². The molecule has 0 aromatic rings. The van der Waals surface area contributed by atoms with Gasteiger partial charge >= 0.3 is 0 Å². The standard InChI is InChI=1S/C6H12N2O2S/c1-2-7-5(9)3-8-6(10)4-11/h11H,2-4H2,1H3,(H,7,9)(H,8,10). The normalized spacial score (nSPS) is 8.91. The monoisotopic (exact) mass is 176 g/mol. The zero-order valence-electron chi connectivity index (χ0n) is 6.39. The lowest BCUT2D eigenvalue weighted by molar-refractivity contribution is -0.124. The van der Waals surface area contributed by atoms with E-state index in [1.807, 2.05) is 6.92 Å². The summed E-state index contributed by atoms with van der Waals surface area (Å²) in [6.45, 7) is 2.43. The van der Waals surface area contributed by atoms with Crippen LogP contribution in [0.15, 0.2) is 0 Å². The molecule has 0 unspecified atom stereocenters. The summed E-state index contributed by atoms with van der Waals surface area (Å²) in [6, 6.07) is 0. The Hall–Kier alpha value is -0.710. The van der Waals surface area contributed by atoms with E-state index in [0.29, 0.717) is 6.54 Å². The lowest BCUT2D eigenvalue weighted by atomic mass is 10.5. The number of nitrogens with one attached hydrogen (secondary N) is 2. The average Bonchev–Trinajstić information content (AvgIpc) is 2.01. The van der Waals surface area contributed by atoms with Crippen LogP contribution in [-0.2, 0) is 9.59 Å². The third-order valence-corrected chi connectivity index (χ3v) is 1.25. The van der Waals surface area contributed by atoms with Crippen molar-refractivity contribution in [3.8, 4) is 0 Å². The molecule has 0 aliphatic rings. The highest BCUT2D eigenvalue weighted by Crippen LogP contribution is 1.72. The molecule has 64 valence electrons. The number of carbonyl (C=O) groups excluding carboxylic acids is 2. The van der Waals surface area contributed by atoms with Crippen LogP contribution in [-0.4, -0.2) is 30.7 Å². The van der Waals surface area contributed by atoms with Gasteiger partial charge in [-0.3, -0.25) is 9.59 Å². The highest BCUT2D eigenvalue weighted by atomic mass is 32.1. The zero-order chi connectivity index (χ0) is 8.69. The van der Waals surface area contributed by atoms with E-state index in [2.05, 4.69) is 23.3 Å². The van der Waals surface area contributed by atoms with E-state index in [1.165, 1.54) is 0 Å². The second-order valence-corrected chi connectivity index (χ2v) is 2.20. The van der Waals surface area contributed by atoms with Crippen LogP contribution in [0.4, 0.5) is 0 Å². The second-order valence-electron chi connectivity index (χ2n) is 1.89. The minimum absolute atomic E-state index is 0.0350. The highest BCUT2D eigenvalue weighted by Gasteiger charge is 2.00. The number of hydrogen-bond acceptors (Lipinski definition) is 3. The third kappa shape index (κ3) is 5.72. The number of amides is 2. The first-order valence-electron chi connectivity index (χ1n) is 3.35. The van der Waals surface area contributed by atoms with Gasteiger partial charge in [0.05, 0.1) is 12.3 Å². The van der Waals surface area contributed by atoms with Crippen molar-refractivity contribution in [1.29, 1.82) is 0 Å². The van der Waals surface area contributed by atoms with E-state index in [1.54, 1.807) is 0 Å². The smallest absolute Gasteiger partial charge is 0.239 e. The SMILES string of the molecule is CCNC(=O)CNC(=O)CS. The molecular weight excluding hydrogens is 164 g/mol. The molecule has 0 aromatic carbocycles. The van der Waals surface area contributed by atoms with Gasteiger partial charge in [0.1, 0.15) is 0 Å². The van der Waals surface area contributed by atoms with Crippen molar-refractivity contribution in [2.75, 3.05) is 18.8 Å². The van der Waals surface area contributed by atoms with Gasteiger partial charge in [-0.05, 0) is 6.92 Å². The molecule has 2 N–H and O–H groups in total. The summed E-state index contributed by atoms with van der Waals surface area (Å²) in [5.74, 6) is -0.304. The highest BCUT2D eigenvalue weighted by molar-refractivity contribution is 7.81. The summed E-state index contributed by atoms with van der Waals surface area (Å²) in [4.78, 5) is 21.3. The number of thiol groups is 1. The third-order valence-electron chi connectivity index (χ3n) is 0.964. The van der Waals surface area contributed by atoms with Gasteiger partial charge in [0, 0.05) is 6.54 Å². The molecule has 0 saturated heterocycles. The summed E-state index contributed by atoms with van der Waals surface area (Å²) < 4.78 is 0. The van der Waals surface area contributed by atoms with Crippen molar-refractivity contribution in [1.82, 2.24) is 10.6 Å². The van der Waals surface area contributed by atoms with Gasteiger partial charge in [-0.1, -0.05) is 0 Å². The molecule has 5 heteroatoms. The molecule has 0 saturated carbocycles. The van der Waals surface area contributed by atoms with Crippen LogP contribution in [0.25, 0.3) is 0 Å². The Morgan fingerprint density at radius 2 is 1.91 bits per heavy atom. The van der Waals surface area contributed by atoms with Gasteiger partial charge in [-0.2, -0.15) is 12.6 Å². The van der Waals surface area contributed by atoms with Crippen LogP contribution < -0.4 is 10.6 Å². The second kappa shape index (κ2) is 6.03. The number of hydrogen-bond donors (Lipinski definition) is 3. The molecule has 0 aliphatic carbocycles. The Morgan fingerprint density at radius 3 is 2.36 bits per heavy atom. The summed E-state index contributed by atoms with van der Waals surface area (Å²) in [5.41, 5.74) is 0. The number of rotatable bonds is 4. The predicted octanol–water partition coefficient (Wildman–Crippen LogP) is -0.832. The average molecular weight is 176 g/mol. The molecule has 0 fully saturated rings. The molecule has 0 aliphatic heterocycles. The van der Waals surface area contributed by atoms with Gasteiger partial charge in [0.2, 0.25) is 11.8 Å². The summed E-state index contributed by atoms with van der Waals surface area (Å²) in [6.07, 6.45) is 0. The Morgan fingerprint density at radius 1 is 1.27 bits per heavy atom. The van der Waals surface area contributed by atoms with E-state index >= 15 is 0 Å². The van der Waals surface area contributed by atoms with Crippen LogP contribution in [0.2, 0.25) is 0 Å². The number of likely N-dealkylation sites (N-methyl/N-ethyl adjacent to an activating group) is 1. The van der Waals surface area contributed by atoms with Crippen LogP contribution >= 0.6 is 12.6 Å².